The number of halogens is 2. The number of benzene rings is 2. The molecule has 23 heavy (non-hydrogen) atoms. The molecule has 5 heteroatoms. The maximum atomic E-state index is 13.7. The van der Waals surface area contributed by atoms with Crippen LogP contribution in [0.5, 0.6) is 5.75 Å². The molecular weight excluding hydrogens is 361 g/mol. The first kappa shape index (κ1) is 16.0. The van der Waals surface area contributed by atoms with Crippen LogP contribution in [0.4, 0.5) is 4.39 Å². The quantitative estimate of drug-likeness (QED) is 0.788. The number of fused-ring (bicyclic) bond motifs is 1. The number of rotatable bonds is 3. The lowest BCUT2D eigenvalue weighted by molar-refractivity contribution is 0.0594. The summed E-state index contributed by atoms with van der Waals surface area (Å²) in [5, 5.41) is 0. The summed E-state index contributed by atoms with van der Waals surface area (Å²) < 4.78 is 19.5. The summed E-state index contributed by atoms with van der Waals surface area (Å²) >= 11 is 3.40. The van der Waals surface area contributed by atoms with Crippen molar-refractivity contribution in [3.8, 4) is 5.75 Å². The highest BCUT2D eigenvalue weighted by molar-refractivity contribution is 9.10. The summed E-state index contributed by atoms with van der Waals surface area (Å²) in [7, 11) is 1.62. The van der Waals surface area contributed by atoms with Gasteiger partial charge in [-0.2, -0.15) is 0 Å². The molecule has 0 spiro atoms. The normalized spacial score (nSPS) is 15.7. The van der Waals surface area contributed by atoms with E-state index in [2.05, 4.69) is 15.9 Å². The van der Waals surface area contributed by atoms with Crippen LogP contribution in [-0.4, -0.2) is 17.9 Å². The molecule has 0 saturated heterocycles. The fourth-order valence-electron chi connectivity index (χ4n) is 3.08. The molecule has 120 valence electrons. The standard InChI is InChI=1S/C18H17BrFNO2/c1-18(2)16-14(8-12(20)9-15(16)19)17(22)21(18)10-11-4-6-13(23-3)7-5-11/h4-9H,10H2,1-3H3. The van der Waals surface area contributed by atoms with Gasteiger partial charge in [-0.15, -0.1) is 0 Å². The Morgan fingerprint density at radius 2 is 1.87 bits per heavy atom. The van der Waals surface area contributed by atoms with Crippen LogP contribution in [0.1, 0.15) is 35.3 Å². The summed E-state index contributed by atoms with van der Waals surface area (Å²) in [4.78, 5) is 14.5. The molecule has 0 N–H and O–H groups in total. The maximum absolute atomic E-state index is 13.7. The molecule has 1 heterocycles. The van der Waals surface area contributed by atoms with Gasteiger partial charge in [-0.25, -0.2) is 4.39 Å². The topological polar surface area (TPSA) is 29.5 Å². The number of carbonyl (C=O) groups is 1. The maximum Gasteiger partial charge on any atom is 0.255 e. The van der Waals surface area contributed by atoms with Gasteiger partial charge in [-0.1, -0.05) is 28.1 Å². The lowest BCUT2D eigenvalue weighted by atomic mass is 9.93. The predicted octanol–water partition coefficient (Wildman–Crippen LogP) is 4.49. The van der Waals surface area contributed by atoms with Crippen molar-refractivity contribution in [1.82, 2.24) is 4.90 Å². The molecule has 0 saturated carbocycles. The van der Waals surface area contributed by atoms with Crippen molar-refractivity contribution >= 4 is 21.8 Å². The summed E-state index contributed by atoms with van der Waals surface area (Å²) in [6, 6.07) is 10.3. The number of hydrogen-bond donors (Lipinski definition) is 0. The minimum atomic E-state index is -0.515. The van der Waals surface area contributed by atoms with Crippen molar-refractivity contribution < 1.29 is 13.9 Å². The number of carbonyl (C=O) groups excluding carboxylic acids is 1. The van der Waals surface area contributed by atoms with Gasteiger partial charge in [0.25, 0.3) is 5.91 Å². The number of nitrogens with zero attached hydrogens (tertiary/aromatic N) is 1. The lowest BCUT2D eigenvalue weighted by Gasteiger charge is -2.33. The Balaban J connectivity index is 1.98. The largest absolute Gasteiger partial charge is 0.497 e. The molecule has 3 nitrogen and oxygen atoms in total. The zero-order valence-corrected chi connectivity index (χ0v) is 14.8. The molecule has 1 amide bonds. The second-order valence-electron chi connectivity index (χ2n) is 6.11. The first-order valence-corrected chi connectivity index (χ1v) is 8.08. The zero-order chi connectivity index (χ0) is 16.8. The van der Waals surface area contributed by atoms with Gasteiger partial charge in [0.05, 0.1) is 12.6 Å². The third-order valence-electron chi connectivity index (χ3n) is 4.32. The average molecular weight is 378 g/mol. The molecule has 2 aromatic carbocycles. The van der Waals surface area contributed by atoms with Crippen LogP contribution in [0.15, 0.2) is 40.9 Å². The number of methoxy groups -OCH3 is 1. The summed E-state index contributed by atoms with van der Waals surface area (Å²) in [6.07, 6.45) is 0. The van der Waals surface area contributed by atoms with Gasteiger partial charge in [0.2, 0.25) is 0 Å². The Morgan fingerprint density at radius 3 is 2.48 bits per heavy atom. The van der Waals surface area contributed by atoms with Gasteiger partial charge in [0.15, 0.2) is 0 Å². The van der Waals surface area contributed by atoms with E-state index in [-0.39, 0.29) is 5.91 Å². The SMILES string of the molecule is COc1ccc(CN2C(=O)c3cc(F)cc(Br)c3C2(C)C)cc1. The highest BCUT2D eigenvalue weighted by Gasteiger charge is 2.44. The van der Waals surface area contributed by atoms with Crippen molar-refractivity contribution in [2.24, 2.45) is 0 Å². The molecule has 0 aliphatic carbocycles. The van der Waals surface area contributed by atoms with E-state index in [0.29, 0.717) is 16.6 Å². The van der Waals surface area contributed by atoms with Crippen molar-refractivity contribution in [2.75, 3.05) is 7.11 Å². The smallest absolute Gasteiger partial charge is 0.255 e. The van der Waals surface area contributed by atoms with Crippen molar-refractivity contribution in [1.29, 1.82) is 0 Å². The molecule has 0 bridgehead atoms. The third kappa shape index (κ3) is 2.63. The molecule has 0 aromatic heterocycles. The highest BCUT2D eigenvalue weighted by atomic mass is 79.9. The van der Waals surface area contributed by atoms with Gasteiger partial charge in [0, 0.05) is 22.1 Å². The second-order valence-corrected chi connectivity index (χ2v) is 6.96. The predicted molar refractivity (Wildman–Crippen MR) is 90.0 cm³/mol. The van der Waals surface area contributed by atoms with E-state index in [1.807, 2.05) is 38.1 Å². The summed E-state index contributed by atoms with van der Waals surface area (Å²) in [5.74, 6) is 0.209. The molecule has 2 aromatic rings. The molecule has 0 fully saturated rings. The average Bonchev–Trinajstić information content (AvgIpc) is 2.68. The fraction of sp³-hybridized carbons (Fsp3) is 0.278. The molecule has 1 aliphatic heterocycles. The van der Waals surface area contributed by atoms with Gasteiger partial charge < -0.3 is 9.64 Å². The molecule has 0 unspecified atom stereocenters. The lowest BCUT2D eigenvalue weighted by Crippen LogP contribution is -2.38. The van der Waals surface area contributed by atoms with Crippen molar-refractivity contribution in [2.45, 2.75) is 25.9 Å². The molecule has 0 radical (unpaired) electrons. The third-order valence-corrected chi connectivity index (χ3v) is 4.94. The Morgan fingerprint density at radius 1 is 1.22 bits per heavy atom. The number of amides is 1. The van der Waals surface area contributed by atoms with E-state index in [1.54, 1.807) is 12.0 Å². The van der Waals surface area contributed by atoms with E-state index in [1.165, 1.54) is 12.1 Å². The Kier molecular flexibility index (Phi) is 3.92. The number of ether oxygens (including phenoxy) is 1. The van der Waals surface area contributed by atoms with Gasteiger partial charge in [-0.3, -0.25) is 4.79 Å². The van der Waals surface area contributed by atoms with Crippen molar-refractivity contribution in [3.63, 3.8) is 0 Å². The van der Waals surface area contributed by atoms with Gasteiger partial charge in [-0.05, 0) is 43.7 Å². The Hall–Kier alpha value is -1.88. The first-order chi connectivity index (χ1) is 10.8. The van der Waals surface area contributed by atoms with E-state index < -0.39 is 11.4 Å². The van der Waals surface area contributed by atoms with Crippen LogP contribution in [0, 0.1) is 5.82 Å². The van der Waals surface area contributed by atoms with Crippen LogP contribution < -0.4 is 4.74 Å². The van der Waals surface area contributed by atoms with Gasteiger partial charge >= 0.3 is 0 Å². The molecule has 0 atom stereocenters. The zero-order valence-electron chi connectivity index (χ0n) is 13.2. The molecule has 3 rings (SSSR count). The van der Waals surface area contributed by atoms with Crippen LogP contribution in [0.25, 0.3) is 0 Å². The Bertz CT molecular complexity index is 771. The van der Waals surface area contributed by atoms with E-state index in [4.69, 9.17) is 4.74 Å². The fourth-order valence-corrected chi connectivity index (χ4v) is 4.00. The molecular formula is C18H17BrFNO2. The number of hydrogen-bond acceptors (Lipinski definition) is 2. The summed E-state index contributed by atoms with van der Waals surface area (Å²) in [5.41, 5.74) is 1.74. The minimum Gasteiger partial charge on any atom is -0.497 e. The van der Waals surface area contributed by atoms with Crippen LogP contribution in [0.2, 0.25) is 0 Å². The van der Waals surface area contributed by atoms with Gasteiger partial charge in [0.1, 0.15) is 11.6 Å². The van der Waals surface area contributed by atoms with E-state index in [9.17, 15) is 9.18 Å². The minimum absolute atomic E-state index is 0.152. The van der Waals surface area contributed by atoms with Crippen LogP contribution in [-0.2, 0) is 12.1 Å². The van der Waals surface area contributed by atoms with Crippen LogP contribution in [0.3, 0.4) is 0 Å². The highest BCUT2D eigenvalue weighted by Crippen LogP contribution is 2.43. The van der Waals surface area contributed by atoms with E-state index >= 15 is 0 Å². The van der Waals surface area contributed by atoms with E-state index in [0.717, 1.165) is 16.9 Å². The monoisotopic (exact) mass is 377 g/mol. The Labute approximate surface area is 143 Å². The molecule has 1 aliphatic rings. The summed E-state index contributed by atoms with van der Waals surface area (Å²) in [6.45, 7) is 4.41. The van der Waals surface area contributed by atoms with Crippen LogP contribution >= 0.6 is 15.9 Å². The second kappa shape index (κ2) is 5.64. The van der Waals surface area contributed by atoms with Crippen molar-refractivity contribution in [3.05, 3.63) is 63.4 Å². The first-order valence-electron chi connectivity index (χ1n) is 7.29.